The van der Waals surface area contributed by atoms with Crippen molar-refractivity contribution >= 4 is 51.7 Å². The minimum Gasteiger partial charge on any atom is -0.372 e. The quantitative estimate of drug-likeness (QED) is 0.188. The predicted octanol–water partition coefficient (Wildman–Crippen LogP) is 5.72. The van der Waals surface area contributed by atoms with Crippen LogP contribution in [0, 0.1) is 6.92 Å². The summed E-state index contributed by atoms with van der Waals surface area (Å²) in [4.78, 5) is 9.42. The second-order valence-electron chi connectivity index (χ2n) is 9.39. The Hall–Kier alpha value is -3.27. The molecule has 4 rings (SSSR count). The van der Waals surface area contributed by atoms with Crippen molar-refractivity contribution in [2.75, 3.05) is 54.4 Å². The van der Waals surface area contributed by atoms with Crippen molar-refractivity contribution in [3.05, 3.63) is 89.3 Å². The second-order valence-corrected chi connectivity index (χ2v) is 11.6. The topological polar surface area (TPSA) is 68.2 Å². The monoisotopic (exact) mass is 563 g/mol. The zero-order chi connectivity index (χ0) is 27.8. The molecule has 0 unspecified atom stereocenters. The Balaban J connectivity index is 1.31. The first-order valence-electron chi connectivity index (χ1n) is 13.3. The summed E-state index contributed by atoms with van der Waals surface area (Å²) in [6, 6.07) is 23.5. The molecule has 3 aromatic rings. The van der Waals surface area contributed by atoms with E-state index in [0.717, 1.165) is 41.3 Å². The lowest BCUT2D eigenvalue weighted by atomic mass is 10.1. The lowest BCUT2D eigenvalue weighted by Crippen LogP contribution is -2.48. The molecule has 7 nitrogen and oxygen atoms in total. The third-order valence-electron chi connectivity index (χ3n) is 6.98. The molecule has 0 radical (unpaired) electrons. The first kappa shape index (κ1) is 28.7. The number of aryl methyl sites for hydroxylation is 1. The average Bonchev–Trinajstić information content (AvgIpc) is 2.97. The molecule has 0 bridgehead atoms. The van der Waals surface area contributed by atoms with Gasteiger partial charge >= 0.3 is 0 Å². The molecule has 1 aliphatic heterocycles. The molecular formula is C30H37N5O2S2. The molecular weight excluding hydrogens is 526 g/mol. The maximum atomic E-state index is 13.0. The fourth-order valence-corrected chi connectivity index (χ4v) is 6.24. The molecule has 0 saturated carbocycles. The molecule has 0 aromatic heterocycles. The fraction of sp³-hybridized carbons (Fsp3) is 0.300. The number of sulfonamides is 1. The van der Waals surface area contributed by atoms with E-state index in [2.05, 4.69) is 70.9 Å². The summed E-state index contributed by atoms with van der Waals surface area (Å²) in [5, 5.41) is 4.93. The SMILES string of the molecule is CCN(CC)c1ccc(/C(=C/S)N=CNc2ccc(N3CCN(S(=O)(=O)c4ccc(C)cc4)CC3)cc2)cc1. The first-order chi connectivity index (χ1) is 18.8. The van der Waals surface area contributed by atoms with E-state index in [9.17, 15) is 8.42 Å². The van der Waals surface area contributed by atoms with Gasteiger partial charge in [-0.25, -0.2) is 13.4 Å². The van der Waals surface area contributed by atoms with Crippen molar-refractivity contribution in [1.29, 1.82) is 0 Å². The molecule has 1 saturated heterocycles. The van der Waals surface area contributed by atoms with Crippen molar-refractivity contribution in [1.82, 2.24) is 4.31 Å². The van der Waals surface area contributed by atoms with Crippen molar-refractivity contribution in [3.8, 4) is 0 Å². The van der Waals surface area contributed by atoms with Crippen LogP contribution in [0.3, 0.4) is 0 Å². The smallest absolute Gasteiger partial charge is 0.243 e. The van der Waals surface area contributed by atoms with Gasteiger partial charge in [0.15, 0.2) is 0 Å². The number of aliphatic imine (C=N–C) groups is 1. The van der Waals surface area contributed by atoms with Crippen LogP contribution in [0.5, 0.6) is 0 Å². The summed E-state index contributed by atoms with van der Waals surface area (Å²) in [5.74, 6) is 0. The van der Waals surface area contributed by atoms with Crippen molar-refractivity contribution < 1.29 is 8.42 Å². The Morgan fingerprint density at radius 1 is 0.923 bits per heavy atom. The van der Waals surface area contributed by atoms with Crippen LogP contribution >= 0.6 is 12.6 Å². The Kier molecular flexibility index (Phi) is 9.72. The maximum Gasteiger partial charge on any atom is 0.243 e. The van der Waals surface area contributed by atoms with Crippen LogP contribution < -0.4 is 15.1 Å². The largest absolute Gasteiger partial charge is 0.372 e. The normalized spacial score (nSPS) is 15.1. The van der Waals surface area contributed by atoms with E-state index in [1.54, 1.807) is 28.2 Å². The number of piperazine rings is 1. The van der Waals surface area contributed by atoms with Gasteiger partial charge in [0.25, 0.3) is 0 Å². The van der Waals surface area contributed by atoms with E-state index in [-0.39, 0.29) is 0 Å². The summed E-state index contributed by atoms with van der Waals surface area (Å²) < 4.78 is 27.6. The molecule has 1 fully saturated rings. The number of thiol groups is 1. The van der Waals surface area contributed by atoms with Crippen LogP contribution in [0.15, 0.2) is 88.1 Å². The van der Waals surface area contributed by atoms with E-state index in [1.165, 1.54) is 5.69 Å². The van der Waals surface area contributed by atoms with E-state index in [1.807, 2.05) is 43.3 Å². The lowest BCUT2D eigenvalue weighted by Gasteiger charge is -2.35. The van der Waals surface area contributed by atoms with Crippen LogP contribution in [0.4, 0.5) is 17.1 Å². The summed E-state index contributed by atoms with van der Waals surface area (Å²) >= 11 is 4.35. The number of nitrogens with zero attached hydrogens (tertiary/aromatic N) is 4. The van der Waals surface area contributed by atoms with Gasteiger partial charge in [-0.3, -0.25) is 0 Å². The molecule has 1 heterocycles. The van der Waals surface area contributed by atoms with Crippen LogP contribution in [0.1, 0.15) is 25.0 Å². The van der Waals surface area contributed by atoms with Gasteiger partial charge in [0.1, 0.15) is 0 Å². The van der Waals surface area contributed by atoms with Crippen LogP contribution in [-0.4, -0.2) is 58.3 Å². The number of benzene rings is 3. The number of rotatable bonds is 10. The van der Waals surface area contributed by atoms with Crippen molar-refractivity contribution in [2.45, 2.75) is 25.7 Å². The number of nitrogens with one attached hydrogen (secondary N) is 1. The van der Waals surface area contributed by atoms with Gasteiger partial charge in [-0.05, 0) is 74.7 Å². The van der Waals surface area contributed by atoms with Gasteiger partial charge in [-0.1, -0.05) is 29.8 Å². The van der Waals surface area contributed by atoms with Gasteiger partial charge in [0.05, 0.1) is 16.9 Å². The lowest BCUT2D eigenvalue weighted by molar-refractivity contribution is 0.385. The van der Waals surface area contributed by atoms with E-state index in [4.69, 9.17) is 0 Å². The molecule has 3 aromatic carbocycles. The third kappa shape index (κ3) is 7.03. The highest BCUT2D eigenvalue weighted by atomic mass is 32.2. The summed E-state index contributed by atoms with van der Waals surface area (Å²) in [6.07, 6.45) is 1.67. The number of hydrogen-bond acceptors (Lipinski definition) is 6. The number of hydrogen-bond donors (Lipinski definition) is 2. The summed E-state index contributed by atoms with van der Waals surface area (Å²) in [5.41, 5.74) is 5.98. The Morgan fingerprint density at radius 3 is 2.10 bits per heavy atom. The average molecular weight is 564 g/mol. The van der Waals surface area contributed by atoms with E-state index < -0.39 is 10.0 Å². The molecule has 0 aliphatic carbocycles. The van der Waals surface area contributed by atoms with Gasteiger partial charge in [0, 0.05) is 61.9 Å². The predicted molar refractivity (Wildman–Crippen MR) is 168 cm³/mol. The highest BCUT2D eigenvalue weighted by Gasteiger charge is 2.28. The first-order valence-corrected chi connectivity index (χ1v) is 15.2. The maximum absolute atomic E-state index is 13.0. The summed E-state index contributed by atoms with van der Waals surface area (Å²) in [6.45, 7) is 10.4. The highest BCUT2D eigenvalue weighted by Crippen LogP contribution is 2.24. The molecule has 39 heavy (non-hydrogen) atoms. The molecule has 9 heteroatoms. The van der Waals surface area contributed by atoms with Gasteiger partial charge in [0.2, 0.25) is 10.0 Å². The van der Waals surface area contributed by atoms with Crippen LogP contribution in [0.2, 0.25) is 0 Å². The van der Waals surface area contributed by atoms with E-state index in [0.29, 0.717) is 31.1 Å². The molecule has 0 spiro atoms. The summed E-state index contributed by atoms with van der Waals surface area (Å²) in [7, 11) is -3.47. The van der Waals surface area contributed by atoms with E-state index >= 15 is 0 Å². The Morgan fingerprint density at radius 2 is 1.54 bits per heavy atom. The Labute approximate surface area is 238 Å². The highest BCUT2D eigenvalue weighted by molar-refractivity contribution is 7.89. The van der Waals surface area contributed by atoms with Crippen molar-refractivity contribution in [2.24, 2.45) is 4.99 Å². The molecule has 206 valence electrons. The minimum atomic E-state index is -3.47. The molecule has 1 aliphatic rings. The Bertz CT molecular complexity index is 1370. The third-order valence-corrected chi connectivity index (χ3v) is 9.14. The van der Waals surface area contributed by atoms with Gasteiger partial charge < -0.3 is 15.1 Å². The molecule has 1 N–H and O–H groups in total. The van der Waals surface area contributed by atoms with Gasteiger partial charge in [-0.15, -0.1) is 12.6 Å². The second kappa shape index (κ2) is 13.2. The molecule has 0 amide bonds. The molecule has 0 atom stereocenters. The standard InChI is InChI=1S/C30H37N5O2S2/c1-4-33(5-2)27-12-8-25(9-13-27)30(22-38)32-23-31-26-10-14-28(15-11-26)34-18-20-35(21-19-34)39(36,37)29-16-6-24(3)7-17-29/h6-17,22-23,38H,4-5,18-21H2,1-3H3,(H,31,32)/b30-22-. The fourth-order valence-electron chi connectivity index (χ4n) is 4.60. The number of anilines is 3. The van der Waals surface area contributed by atoms with Crippen LogP contribution in [-0.2, 0) is 10.0 Å². The zero-order valence-corrected chi connectivity index (χ0v) is 24.5. The van der Waals surface area contributed by atoms with Crippen molar-refractivity contribution in [3.63, 3.8) is 0 Å². The van der Waals surface area contributed by atoms with Gasteiger partial charge in [-0.2, -0.15) is 4.31 Å². The minimum absolute atomic E-state index is 0.353. The zero-order valence-electron chi connectivity index (χ0n) is 22.8. The van der Waals surface area contributed by atoms with Crippen LogP contribution in [0.25, 0.3) is 5.70 Å².